The molecule has 0 atom stereocenters. The number of nitrogens with zero attached hydrogens (tertiary/aromatic N) is 2. The first-order valence-electron chi connectivity index (χ1n) is 7.61. The van der Waals surface area contributed by atoms with Crippen LogP contribution in [-0.2, 0) is 14.3 Å². The Hall–Kier alpha value is -1.34. The van der Waals surface area contributed by atoms with Crippen molar-refractivity contribution in [1.29, 1.82) is 0 Å². The van der Waals surface area contributed by atoms with E-state index < -0.39 is 0 Å². The number of carbonyl (C=O) groups excluding carboxylic acids is 2. The van der Waals surface area contributed by atoms with Crippen LogP contribution in [-0.4, -0.2) is 81.4 Å². The number of amides is 2. The Morgan fingerprint density at radius 2 is 1.86 bits per heavy atom. The predicted octanol–water partition coefficient (Wildman–Crippen LogP) is -0.0868. The number of hydrogen-bond acceptors (Lipinski definition) is 5. The second-order valence-electron chi connectivity index (χ2n) is 5.48. The second kappa shape index (κ2) is 8.19. The summed E-state index contributed by atoms with van der Waals surface area (Å²) in [4.78, 5) is 27.4. The summed E-state index contributed by atoms with van der Waals surface area (Å²) in [6.07, 6.45) is 1.11. The maximum atomic E-state index is 12.1. The van der Waals surface area contributed by atoms with Gasteiger partial charge in [0.1, 0.15) is 0 Å². The molecule has 0 radical (unpaired) electrons. The average Bonchev–Trinajstić information content (AvgIpc) is 2.55. The summed E-state index contributed by atoms with van der Waals surface area (Å²) in [6.45, 7) is 6.16. The van der Waals surface area contributed by atoms with E-state index in [-0.39, 0.29) is 17.9 Å². The normalized spacial score (nSPS) is 21.1. The van der Waals surface area contributed by atoms with E-state index in [1.807, 2.05) is 0 Å². The van der Waals surface area contributed by atoms with Gasteiger partial charge in [0.25, 0.3) is 0 Å². The van der Waals surface area contributed by atoms with Crippen LogP contribution in [0.1, 0.15) is 12.8 Å². The van der Waals surface area contributed by atoms with Crippen molar-refractivity contribution in [3.05, 3.63) is 0 Å². The lowest BCUT2D eigenvalue weighted by molar-refractivity contribution is -0.126. The summed E-state index contributed by atoms with van der Waals surface area (Å²) in [5, 5.41) is 3.00. The third-order valence-corrected chi connectivity index (χ3v) is 4.13. The molecule has 0 bridgehead atoms. The van der Waals surface area contributed by atoms with E-state index in [2.05, 4.69) is 15.0 Å². The summed E-state index contributed by atoms with van der Waals surface area (Å²) in [7, 11) is 1.38. The number of piperidine rings is 1. The third-order valence-electron chi connectivity index (χ3n) is 4.13. The van der Waals surface area contributed by atoms with Gasteiger partial charge in [-0.15, -0.1) is 0 Å². The molecule has 0 saturated carbocycles. The molecular weight excluding hydrogens is 274 g/mol. The zero-order chi connectivity index (χ0) is 15.1. The first kappa shape index (κ1) is 16.0. The number of morpholine rings is 1. The minimum absolute atomic E-state index is 0.00981. The SMILES string of the molecule is COC(=O)N1CCC(C(=O)NCCN2CCOCC2)CC1. The van der Waals surface area contributed by atoms with Crippen molar-refractivity contribution in [2.75, 3.05) is 59.6 Å². The quantitative estimate of drug-likeness (QED) is 0.786. The monoisotopic (exact) mass is 299 g/mol. The molecule has 2 aliphatic rings. The van der Waals surface area contributed by atoms with Gasteiger partial charge < -0.3 is 19.7 Å². The highest BCUT2D eigenvalue weighted by Crippen LogP contribution is 2.17. The molecule has 0 spiro atoms. The summed E-state index contributed by atoms with van der Waals surface area (Å²) >= 11 is 0. The second-order valence-corrected chi connectivity index (χ2v) is 5.48. The van der Waals surface area contributed by atoms with E-state index in [1.54, 1.807) is 4.90 Å². The van der Waals surface area contributed by atoms with Gasteiger partial charge in [-0.05, 0) is 12.8 Å². The molecule has 7 heteroatoms. The van der Waals surface area contributed by atoms with Gasteiger partial charge in [-0.1, -0.05) is 0 Å². The number of ether oxygens (including phenoxy) is 2. The zero-order valence-electron chi connectivity index (χ0n) is 12.7. The number of likely N-dealkylation sites (tertiary alicyclic amines) is 1. The first-order valence-corrected chi connectivity index (χ1v) is 7.61. The van der Waals surface area contributed by atoms with Crippen molar-refractivity contribution in [2.24, 2.45) is 5.92 Å². The summed E-state index contributed by atoms with van der Waals surface area (Å²) < 4.78 is 9.98. The molecule has 2 aliphatic heterocycles. The van der Waals surface area contributed by atoms with Crippen molar-refractivity contribution in [1.82, 2.24) is 15.1 Å². The Kier molecular flexibility index (Phi) is 6.25. The molecule has 7 nitrogen and oxygen atoms in total. The molecule has 2 rings (SSSR count). The molecule has 0 aromatic heterocycles. The van der Waals surface area contributed by atoms with Gasteiger partial charge in [0, 0.05) is 45.2 Å². The van der Waals surface area contributed by atoms with Crippen molar-refractivity contribution in [2.45, 2.75) is 12.8 Å². The summed E-state index contributed by atoms with van der Waals surface area (Å²) in [5.41, 5.74) is 0. The van der Waals surface area contributed by atoms with Crippen LogP contribution < -0.4 is 5.32 Å². The van der Waals surface area contributed by atoms with E-state index in [0.29, 0.717) is 32.5 Å². The van der Waals surface area contributed by atoms with E-state index >= 15 is 0 Å². The molecule has 21 heavy (non-hydrogen) atoms. The van der Waals surface area contributed by atoms with Crippen LogP contribution in [0.25, 0.3) is 0 Å². The standard InChI is InChI=1S/C14H25N3O4/c1-20-14(19)17-5-2-12(3-6-17)13(18)15-4-7-16-8-10-21-11-9-16/h12H,2-11H2,1H3,(H,15,18). The Labute approximate surface area is 125 Å². The average molecular weight is 299 g/mol. The highest BCUT2D eigenvalue weighted by Gasteiger charge is 2.27. The van der Waals surface area contributed by atoms with Gasteiger partial charge in [0.2, 0.25) is 5.91 Å². The lowest BCUT2D eigenvalue weighted by Crippen LogP contribution is -2.45. The highest BCUT2D eigenvalue weighted by molar-refractivity contribution is 5.79. The maximum Gasteiger partial charge on any atom is 0.409 e. The van der Waals surface area contributed by atoms with Gasteiger partial charge in [0.15, 0.2) is 0 Å². The van der Waals surface area contributed by atoms with Gasteiger partial charge in [-0.3, -0.25) is 9.69 Å². The molecule has 2 heterocycles. The van der Waals surface area contributed by atoms with Crippen molar-refractivity contribution < 1.29 is 19.1 Å². The zero-order valence-corrected chi connectivity index (χ0v) is 12.7. The number of hydrogen-bond donors (Lipinski definition) is 1. The van der Waals surface area contributed by atoms with Crippen LogP contribution in [0.4, 0.5) is 4.79 Å². The predicted molar refractivity (Wildman–Crippen MR) is 77.0 cm³/mol. The van der Waals surface area contributed by atoms with Crippen molar-refractivity contribution in [3.8, 4) is 0 Å². The van der Waals surface area contributed by atoms with Crippen LogP contribution in [0.3, 0.4) is 0 Å². The van der Waals surface area contributed by atoms with Crippen LogP contribution in [0, 0.1) is 5.92 Å². The molecule has 120 valence electrons. The van der Waals surface area contributed by atoms with E-state index in [9.17, 15) is 9.59 Å². The molecule has 1 N–H and O–H groups in total. The van der Waals surface area contributed by atoms with Crippen molar-refractivity contribution in [3.63, 3.8) is 0 Å². The number of nitrogens with one attached hydrogen (secondary N) is 1. The summed E-state index contributed by atoms with van der Waals surface area (Å²) in [6, 6.07) is 0. The molecular formula is C14H25N3O4. The molecule has 0 unspecified atom stereocenters. The minimum Gasteiger partial charge on any atom is -0.453 e. The van der Waals surface area contributed by atoms with Gasteiger partial charge in [-0.25, -0.2) is 4.79 Å². The van der Waals surface area contributed by atoms with E-state index in [4.69, 9.17) is 4.74 Å². The first-order chi connectivity index (χ1) is 10.2. The number of rotatable bonds is 4. The topological polar surface area (TPSA) is 71.1 Å². The lowest BCUT2D eigenvalue weighted by atomic mass is 9.96. The van der Waals surface area contributed by atoms with E-state index in [1.165, 1.54) is 7.11 Å². The molecule has 0 aromatic rings. The fourth-order valence-corrected chi connectivity index (χ4v) is 2.76. The van der Waals surface area contributed by atoms with Crippen LogP contribution in [0.5, 0.6) is 0 Å². The lowest BCUT2D eigenvalue weighted by Gasteiger charge is -2.30. The van der Waals surface area contributed by atoms with Crippen LogP contribution in [0.2, 0.25) is 0 Å². The summed E-state index contributed by atoms with van der Waals surface area (Å²) in [5.74, 6) is 0.114. The Bertz CT molecular complexity index is 350. The van der Waals surface area contributed by atoms with Gasteiger partial charge in [0.05, 0.1) is 20.3 Å². The van der Waals surface area contributed by atoms with Gasteiger partial charge in [-0.2, -0.15) is 0 Å². The van der Waals surface area contributed by atoms with Crippen LogP contribution >= 0.6 is 0 Å². The van der Waals surface area contributed by atoms with Gasteiger partial charge >= 0.3 is 6.09 Å². The number of methoxy groups -OCH3 is 1. The Morgan fingerprint density at radius 3 is 2.48 bits per heavy atom. The van der Waals surface area contributed by atoms with Crippen molar-refractivity contribution >= 4 is 12.0 Å². The Morgan fingerprint density at radius 1 is 1.19 bits per heavy atom. The largest absolute Gasteiger partial charge is 0.453 e. The molecule has 2 fully saturated rings. The highest BCUT2D eigenvalue weighted by atomic mass is 16.5. The van der Waals surface area contributed by atoms with Crippen LogP contribution in [0.15, 0.2) is 0 Å². The van der Waals surface area contributed by atoms with E-state index in [0.717, 1.165) is 32.8 Å². The minimum atomic E-state index is -0.304. The third kappa shape index (κ3) is 4.86. The molecule has 0 aliphatic carbocycles. The number of carbonyl (C=O) groups is 2. The fourth-order valence-electron chi connectivity index (χ4n) is 2.76. The molecule has 2 amide bonds. The molecule has 0 aromatic carbocycles. The maximum absolute atomic E-state index is 12.1. The Balaban J connectivity index is 1.62. The molecule has 2 saturated heterocycles. The fraction of sp³-hybridized carbons (Fsp3) is 0.857. The smallest absolute Gasteiger partial charge is 0.409 e.